The number of anilines is 1. The van der Waals surface area contributed by atoms with Crippen LogP contribution in [0.15, 0.2) is 78.9 Å². The van der Waals surface area contributed by atoms with Gasteiger partial charge in [-0.15, -0.1) is 0 Å². The molecule has 2 unspecified atom stereocenters. The van der Waals surface area contributed by atoms with Gasteiger partial charge in [0.1, 0.15) is 12.4 Å². The largest absolute Gasteiger partial charge is 0.488 e. The molecule has 0 saturated carbocycles. The Hall–Kier alpha value is -3.64. The van der Waals surface area contributed by atoms with E-state index < -0.39 is 0 Å². The average Bonchev–Trinajstić information content (AvgIpc) is 2.85. The van der Waals surface area contributed by atoms with E-state index in [1.165, 1.54) is 12.5 Å². The van der Waals surface area contributed by atoms with Gasteiger partial charge in [0.05, 0.1) is 5.56 Å². The van der Waals surface area contributed by atoms with Gasteiger partial charge >= 0.3 is 0 Å². The van der Waals surface area contributed by atoms with E-state index in [-0.39, 0.29) is 17.9 Å². The summed E-state index contributed by atoms with van der Waals surface area (Å²) in [6, 6.07) is 25.5. The highest BCUT2D eigenvalue weighted by Gasteiger charge is 2.28. The second-order valence-electron chi connectivity index (χ2n) is 9.23. The monoisotopic (exact) mass is 471 g/mol. The van der Waals surface area contributed by atoms with Crippen molar-refractivity contribution in [3.05, 3.63) is 95.6 Å². The van der Waals surface area contributed by atoms with E-state index in [2.05, 4.69) is 46.7 Å². The first kappa shape index (κ1) is 24.5. The normalized spacial score (nSPS) is 18.0. The van der Waals surface area contributed by atoms with Gasteiger partial charge in [0, 0.05) is 44.4 Å². The zero-order valence-electron chi connectivity index (χ0n) is 20.4. The molecule has 1 aliphatic rings. The van der Waals surface area contributed by atoms with Crippen molar-refractivity contribution in [2.75, 3.05) is 18.4 Å². The Kier molecular flexibility index (Phi) is 8.16. The minimum absolute atomic E-state index is 0.0894. The first-order valence-electron chi connectivity index (χ1n) is 12.1. The van der Waals surface area contributed by atoms with Crippen molar-refractivity contribution in [1.29, 1.82) is 0 Å². The molecule has 2 N–H and O–H groups in total. The van der Waals surface area contributed by atoms with E-state index in [9.17, 15) is 9.59 Å². The molecule has 1 fully saturated rings. The summed E-state index contributed by atoms with van der Waals surface area (Å²) >= 11 is 0. The van der Waals surface area contributed by atoms with Gasteiger partial charge in [-0.25, -0.2) is 0 Å². The van der Waals surface area contributed by atoms with Gasteiger partial charge in [0.15, 0.2) is 0 Å². The lowest BCUT2D eigenvalue weighted by Crippen LogP contribution is -2.49. The summed E-state index contributed by atoms with van der Waals surface area (Å²) in [5.74, 6) is 0.443. The number of benzene rings is 3. The van der Waals surface area contributed by atoms with Gasteiger partial charge < -0.3 is 15.4 Å². The van der Waals surface area contributed by atoms with E-state index in [1.807, 2.05) is 36.4 Å². The number of carbonyl (C=O) groups is 2. The van der Waals surface area contributed by atoms with Crippen LogP contribution in [-0.2, 0) is 17.9 Å². The summed E-state index contributed by atoms with van der Waals surface area (Å²) in [6.07, 6.45) is 0.893. The molecule has 0 bridgehead atoms. The van der Waals surface area contributed by atoms with Crippen molar-refractivity contribution in [1.82, 2.24) is 10.2 Å². The van der Waals surface area contributed by atoms with Gasteiger partial charge in [-0.1, -0.05) is 67.6 Å². The third-order valence-electron chi connectivity index (χ3n) is 6.34. The lowest BCUT2D eigenvalue weighted by Gasteiger charge is -2.37. The third kappa shape index (κ3) is 6.93. The van der Waals surface area contributed by atoms with Crippen LogP contribution in [0.4, 0.5) is 5.69 Å². The van der Waals surface area contributed by atoms with Crippen LogP contribution in [0, 0.1) is 5.92 Å². The fourth-order valence-electron chi connectivity index (χ4n) is 4.52. The van der Waals surface area contributed by atoms with Crippen LogP contribution in [0.3, 0.4) is 0 Å². The molecule has 0 radical (unpaired) electrons. The molecule has 182 valence electrons. The fourth-order valence-corrected chi connectivity index (χ4v) is 4.52. The number of hydrogen-bond donors (Lipinski definition) is 2. The molecule has 1 saturated heterocycles. The molecule has 0 spiro atoms. The zero-order valence-corrected chi connectivity index (χ0v) is 20.4. The van der Waals surface area contributed by atoms with Gasteiger partial charge in [0.2, 0.25) is 5.91 Å². The summed E-state index contributed by atoms with van der Waals surface area (Å²) in [5, 5.41) is 6.00. The van der Waals surface area contributed by atoms with Crippen LogP contribution in [0.5, 0.6) is 5.75 Å². The minimum atomic E-state index is -0.174. The molecule has 0 aliphatic carbocycles. The number of piperidine rings is 1. The van der Waals surface area contributed by atoms with E-state index in [4.69, 9.17) is 4.74 Å². The molecule has 1 heterocycles. The number of nitrogens with one attached hydrogen (secondary N) is 2. The van der Waals surface area contributed by atoms with Gasteiger partial charge in [0.25, 0.3) is 5.91 Å². The summed E-state index contributed by atoms with van der Waals surface area (Å²) in [5.41, 5.74) is 3.37. The van der Waals surface area contributed by atoms with E-state index in [0.717, 1.165) is 31.6 Å². The van der Waals surface area contributed by atoms with Crippen molar-refractivity contribution in [3.8, 4) is 5.75 Å². The Morgan fingerprint density at radius 3 is 2.31 bits per heavy atom. The van der Waals surface area contributed by atoms with Crippen LogP contribution in [0.1, 0.15) is 41.8 Å². The lowest BCUT2D eigenvalue weighted by atomic mass is 9.93. The highest BCUT2D eigenvalue weighted by Crippen LogP contribution is 2.26. The Balaban J connectivity index is 1.42. The summed E-state index contributed by atoms with van der Waals surface area (Å²) in [7, 11) is 0. The number of hydrogen-bond acceptors (Lipinski definition) is 4. The maximum absolute atomic E-state index is 13.3. The molecule has 3 aromatic rings. The molecular formula is C29H33N3O3. The number of nitrogens with zero attached hydrogens (tertiary/aromatic N) is 1. The van der Waals surface area contributed by atoms with Gasteiger partial charge in [-0.3, -0.25) is 14.5 Å². The summed E-state index contributed by atoms with van der Waals surface area (Å²) < 4.78 is 6.05. The molecular weight excluding hydrogens is 438 g/mol. The SMILES string of the molecule is CC(=O)Nc1ccc(C(=O)NC2CCN(Cc3ccccc3)CC2C)c(OCc2ccccc2)c1. The van der Waals surface area contributed by atoms with Crippen molar-refractivity contribution in [2.24, 2.45) is 5.92 Å². The van der Waals surface area contributed by atoms with E-state index in [1.54, 1.807) is 18.2 Å². The lowest BCUT2D eigenvalue weighted by molar-refractivity contribution is -0.114. The smallest absolute Gasteiger partial charge is 0.255 e. The fraction of sp³-hybridized carbons (Fsp3) is 0.310. The summed E-state index contributed by atoms with van der Waals surface area (Å²) in [4.78, 5) is 27.3. The highest BCUT2D eigenvalue weighted by molar-refractivity contribution is 5.98. The first-order valence-corrected chi connectivity index (χ1v) is 12.1. The number of carbonyl (C=O) groups excluding carboxylic acids is 2. The third-order valence-corrected chi connectivity index (χ3v) is 6.34. The quantitative estimate of drug-likeness (QED) is 0.492. The van der Waals surface area contributed by atoms with Crippen molar-refractivity contribution in [2.45, 2.75) is 39.5 Å². The Bertz CT molecular complexity index is 1130. The average molecular weight is 472 g/mol. The minimum Gasteiger partial charge on any atom is -0.488 e. The van der Waals surface area contributed by atoms with Gasteiger partial charge in [-0.2, -0.15) is 0 Å². The number of rotatable bonds is 8. The standard InChI is InChI=1S/C29H33N3O3/c1-21-18-32(19-23-9-5-3-6-10-23)16-15-27(21)31-29(34)26-14-13-25(30-22(2)33)17-28(26)35-20-24-11-7-4-8-12-24/h3-14,17,21,27H,15-16,18-20H2,1-2H3,(H,30,33)(H,31,34). The first-order chi connectivity index (χ1) is 17.0. The predicted octanol–water partition coefficient (Wildman–Crippen LogP) is 4.86. The van der Waals surface area contributed by atoms with E-state index >= 15 is 0 Å². The Morgan fingerprint density at radius 2 is 1.66 bits per heavy atom. The molecule has 2 amide bonds. The Morgan fingerprint density at radius 1 is 0.971 bits per heavy atom. The van der Waals surface area contributed by atoms with Crippen molar-refractivity contribution in [3.63, 3.8) is 0 Å². The highest BCUT2D eigenvalue weighted by atomic mass is 16.5. The molecule has 0 aromatic heterocycles. The molecule has 2 atom stereocenters. The number of amides is 2. The molecule has 35 heavy (non-hydrogen) atoms. The molecule has 4 rings (SSSR count). The Labute approximate surface area is 207 Å². The van der Waals surface area contributed by atoms with Crippen molar-refractivity contribution < 1.29 is 14.3 Å². The van der Waals surface area contributed by atoms with Crippen molar-refractivity contribution >= 4 is 17.5 Å². The topological polar surface area (TPSA) is 70.7 Å². The van der Waals surface area contributed by atoms with Crippen LogP contribution >= 0.6 is 0 Å². The second kappa shape index (κ2) is 11.7. The van der Waals surface area contributed by atoms with Crippen LogP contribution in [-0.4, -0.2) is 35.8 Å². The predicted molar refractivity (Wildman–Crippen MR) is 138 cm³/mol. The summed E-state index contributed by atoms with van der Waals surface area (Å²) in [6.45, 7) is 6.76. The number of ether oxygens (including phenoxy) is 1. The molecule has 3 aromatic carbocycles. The van der Waals surface area contributed by atoms with E-state index in [0.29, 0.717) is 29.5 Å². The molecule has 1 aliphatic heterocycles. The van der Waals surface area contributed by atoms with Crippen LogP contribution in [0.2, 0.25) is 0 Å². The van der Waals surface area contributed by atoms with Crippen LogP contribution < -0.4 is 15.4 Å². The number of likely N-dealkylation sites (tertiary alicyclic amines) is 1. The molecule has 6 heteroatoms. The van der Waals surface area contributed by atoms with Gasteiger partial charge in [-0.05, 0) is 35.6 Å². The maximum atomic E-state index is 13.3. The zero-order chi connectivity index (χ0) is 24.6. The maximum Gasteiger partial charge on any atom is 0.255 e. The molecule has 6 nitrogen and oxygen atoms in total. The van der Waals surface area contributed by atoms with Crippen LogP contribution in [0.25, 0.3) is 0 Å². The second-order valence-corrected chi connectivity index (χ2v) is 9.23.